The first-order valence-electron chi connectivity index (χ1n) is 31.8. The quantitative estimate of drug-likeness (QED) is 0.0261. The molecule has 524 valence electrons. The van der Waals surface area contributed by atoms with E-state index in [2.05, 4.69) is 47.9 Å². The lowest BCUT2D eigenvalue weighted by molar-refractivity contribution is -0.140. The molecule has 1 aliphatic rings. The van der Waals surface area contributed by atoms with Crippen molar-refractivity contribution in [1.29, 1.82) is 0 Å². The van der Waals surface area contributed by atoms with Crippen molar-refractivity contribution < 1.29 is 72.2 Å². The van der Waals surface area contributed by atoms with Gasteiger partial charge in [-0.3, -0.25) is 67.1 Å². The summed E-state index contributed by atoms with van der Waals surface area (Å²) in [6, 6.07) is 8.46. The molecule has 1 heterocycles. The molecule has 0 bridgehead atoms. The number of hydrogen-bond acceptors (Lipinski definition) is 18. The average Bonchev–Trinajstić information content (AvgIpc) is 1.56. The molecule has 20 N–H and O–H groups in total. The zero-order chi connectivity index (χ0) is 71.2. The second-order valence-corrected chi connectivity index (χ2v) is 25.4. The Morgan fingerprint density at radius 2 is 1.01 bits per heavy atom. The van der Waals surface area contributed by atoms with Gasteiger partial charge in [0.05, 0.1) is 24.9 Å². The van der Waals surface area contributed by atoms with Gasteiger partial charge in [-0.1, -0.05) is 112 Å². The van der Waals surface area contributed by atoms with E-state index in [0.29, 0.717) is 17.5 Å². The number of primary amides is 3. The van der Waals surface area contributed by atoms with Crippen molar-refractivity contribution in [2.45, 2.75) is 172 Å². The lowest BCUT2D eigenvalue weighted by Gasteiger charge is -2.29. The minimum absolute atomic E-state index is 0.0206. The molecule has 4 rings (SSSR count). The predicted octanol–water partition coefficient (Wildman–Crippen LogP) is -2.53. The van der Waals surface area contributed by atoms with Crippen molar-refractivity contribution in [2.24, 2.45) is 40.5 Å². The highest BCUT2D eigenvalue weighted by Crippen LogP contribution is 2.21. The molecule has 13 amide bonds. The van der Waals surface area contributed by atoms with Crippen LogP contribution in [0.4, 0.5) is 0 Å². The summed E-state index contributed by atoms with van der Waals surface area (Å²) in [4.78, 5) is 192. The minimum Gasteiger partial charge on any atom is -0.508 e. The fourth-order valence-electron chi connectivity index (χ4n) is 10.4. The van der Waals surface area contributed by atoms with Gasteiger partial charge in [0.15, 0.2) is 0 Å². The van der Waals surface area contributed by atoms with E-state index in [4.69, 9.17) is 28.7 Å². The molecule has 1 fully saturated rings. The third-order valence-corrected chi connectivity index (χ3v) is 16.4. The predicted molar refractivity (Wildman–Crippen MR) is 355 cm³/mol. The summed E-state index contributed by atoms with van der Waals surface area (Å²) in [7, 11) is 0. The summed E-state index contributed by atoms with van der Waals surface area (Å²) in [6.45, 7) is 8.75. The Bertz CT molecular complexity index is 3180. The Morgan fingerprint density at radius 1 is 0.552 bits per heavy atom. The van der Waals surface area contributed by atoms with E-state index in [1.54, 1.807) is 56.3 Å². The van der Waals surface area contributed by atoms with E-state index < -0.39 is 163 Å². The molecule has 0 unspecified atom stereocenters. The van der Waals surface area contributed by atoms with Gasteiger partial charge in [-0.25, -0.2) is 0 Å². The van der Waals surface area contributed by atoms with Crippen LogP contribution in [0.25, 0.3) is 0 Å². The molecule has 0 saturated carbocycles. The van der Waals surface area contributed by atoms with Gasteiger partial charge >= 0.3 is 0 Å². The highest BCUT2D eigenvalue weighted by atomic mass is 32.2. The monoisotopic (exact) mass is 1360 g/mol. The number of phenolic OH excluding ortho intramolecular Hbond substituents is 1. The molecule has 0 aliphatic carbocycles. The van der Waals surface area contributed by atoms with Gasteiger partial charge in [-0.15, -0.1) is 0 Å². The van der Waals surface area contributed by atoms with E-state index in [1.807, 2.05) is 32.0 Å². The second kappa shape index (κ2) is 40.0. The molecule has 96 heavy (non-hydrogen) atoms. The maximum atomic E-state index is 14.6. The first-order valence-corrected chi connectivity index (χ1v) is 32.8. The lowest BCUT2D eigenvalue weighted by atomic mass is 9.99. The van der Waals surface area contributed by atoms with Crippen LogP contribution >= 0.6 is 11.8 Å². The third-order valence-electron chi connectivity index (χ3n) is 15.4. The van der Waals surface area contributed by atoms with Gasteiger partial charge in [0, 0.05) is 45.0 Å². The summed E-state index contributed by atoms with van der Waals surface area (Å²) in [6.07, 6.45) is -2.12. The van der Waals surface area contributed by atoms with Gasteiger partial charge < -0.3 is 86.5 Å². The molecular weight excluding hydrogens is 1260 g/mol. The fraction of sp³-hybridized carbons (Fsp3) is 0.508. The maximum absolute atomic E-state index is 14.6. The van der Waals surface area contributed by atoms with E-state index in [9.17, 15) is 72.2 Å². The topological polar surface area (TPSA) is 501 Å². The first-order chi connectivity index (χ1) is 45.5. The van der Waals surface area contributed by atoms with Crippen LogP contribution < -0.4 is 76.5 Å². The Balaban J connectivity index is 1.59. The van der Waals surface area contributed by atoms with Gasteiger partial charge in [0.1, 0.15) is 54.1 Å². The Labute approximate surface area is 561 Å². The molecule has 3 aromatic carbocycles. The Morgan fingerprint density at radius 3 is 1.52 bits per heavy atom. The number of likely N-dealkylation sites (tertiary alicyclic amines) is 1. The number of nitrogens with zero attached hydrogens (tertiary/aromatic N) is 1. The number of carbonyl (C=O) groups is 14. The number of rotatable bonds is 40. The number of hydrogen-bond donors (Lipinski definition) is 15. The molecule has 1 saturated heterocycles. The highest BCUT2D eigenvalue weighted by Gasteiger charge is 2.40. The van der Waals surface area contributed by atoms with Crippen molar-refractivity contribution in [3.8, 4) is 5.75 Å². The largest absolute Gasteiger partial charge is 0.508 e. The SMILES string of the molecule is CC(=O)NCCSC(=O)[C@H](CC(C)C)NC(=O)[C@H](CCCN)NC(=O)[C@@H](NC(=O)[C@H](Cc1ccc(O)cc1)NC(=O)[C@H](CCC(N)=O)NC(=O)[C@H](CC(N)=O)NC(=O)[C@H](CC(N)=O)NC(=O)[C@H](Cc1ccccc1)NC(=O)[C@@H]1CCCN1C(=O)[C@H](N)Cc1ccccc1)C(C)C. The van der Waals surface area contributed by atoms with Gasteiger partial charge in [-0.2, -0.15) is 0 Å². The van der Waals surface area contributed by atoms with Crippen molar-refractivity contribution in [1.82, 2.24) is 52.8 Å². The number of carbonyl (C=O) groups excluding carboxylic acids is 14. The highest BCUT2D eigenvalue weighted by molar-refractivity contribution is 8.13. The first kappa shape index (κ1) is 79.0. The van der Waals surface area contributed by atoms with Gasteiger partial charge in [0.25, 0.3) is 0 Å². The zero-order valence-corrected chi connectivity index (χ0v) is 55.5. The normalized spacial score (nSPS) is 15.5. The molecule has 0 spiro atoms. The lowest BCUT2D eigenvalue weighted by Crippen LogP contribution is -2.61. The maximum Gasteiger partial charge on any atom is 0.243 e. The standard InChI is InChI=1S/C65H93N15O15S/c1-36(2)30-50(65(95)96-29-27-71-38(5)81)78-56(86)44(18-12-26-66)73-63(93)55(37(3)4)79-61(91)47(33-41-20-22-42(82)23-21-41)74-57(87)45(24-25-52(68)83)72-59(89)48(34-53(69)84)76-60(90)49(35-54(70)85)75-58(88)46(32-40-16-10-7-11-17-40)77-62(92)51-19-13-28-80(51)64(94)43(67)31-39-14-8-6-9-15-39/h6-11,14-17,20-23,36-37,43-51,55,82H,12-13,18-19,24-35,66-67H2,1-5H3,(H2,68,83)(H2,69,84)(H2,70,85)(H,71,81)(H,72,89)(H,73,93)(H,74,87)(H,75,88)(H,76,90)(H,77,92)(H,78,86)(H,79,91)/t43-,44+,45+,46+,47+,48+,49+,50+,51+,55+/m1/s1. The molecule has 31 heteroatoms. The average molecular weight is 1360 g/mol. The van der Waals surface area contributed by atoms with Crippen molar-refractivity contribution in [2.75, 3.05) is 25.4 Å². The number of amides is 13. The van der Waals surface area contributed by atoms with Crippen LogP contribution in [0, 0.1) is 11.8 Å². The minimum atomic E-state index is -1.98. The Hall–Kier alpha value is -9.49. The molecular formula is C65H93N15O15S. The third kappa shape index (κ3) is 27.5. The summed E-state index contributed by atoms with van der Waals surface area (Å²) in [5.74, 6) is -12.6. The molecule has 0 aromatic heterocycles. The van der Waals surface area contributed by atoms with Crippen LogP contribution in [0.3, 0.4) is 0 Å². The number of nitrogens with one attached hydrogen (secondary N) is 9. The number of nitrogens with two attached hydrogens (primary N) is 5. The summed E-state index contributed by atoms with van der Waals surface area (Å²) < 4.78 is 0. The Kier molecular flexibility index (Phi) is 32.9. The summed E-state index contributed by atoms with van der Waals surface area (Å²) in [5, 5.41) is 32.7. The van der Waals surface area contributed by atoms with Crippen LogP contribution in [0.1, 0.15) is 109 Å². The van der Waals surface area contributed by atoms with Crippen LogP contribution in [-0.4, -0.2) is 178 Å². The molecule has 3 aromatic rings. The molecule has 10 atom stereocenters. The number of aromatic hydroxyl groups is 1. The van der Waals surface area contributed by atoms with Crippen molar-refractivity contribution in [3.05, 3.63) is 102 Å². The van der Waals surface area contributed by atoms with Crippen LogP contribution in [0.2, 0.25) is 0 Å². The summed E-state index contributed by atoms with van der Waals surface area (Å²) >= 11 is 0.919. The molecule has 0 radical (unpaired) electrons. The van der Waals surface area contributed by atoms with E-state index in [-0.39, 0.29) is 93.0 Å². The van der Waals surface area contributed by atoms with Crippen LogP contribution in [-0.2, 0) is 86.4 Å². The summed E-state index contributed by atoms with van der Waals surface area (Å²) in [5.41, 5.74) is 30.5. The van der Waals surface area contributed by atoms with Crippen molar-refractivity contribution >= 4 is 93.7 Å². The smallest absolute Gasteiger partial charge is 0.243 e. The van der Waals surface area contributed by atoms with E-state index in [0.717, 1.165) is 17.3 Å². The van der Waals surface area contributed by atoms with Crippen molar-refractivity contribution in [3.63, 3.8) is 0 Å². The van der Waals surface area contributed by atoms with E-state index in [1.165, 1.54) is 36.1 Å². The van der Waals surface area contributed by atoms with Crippen LogP contribution in [0.15, 0.2) is 84.9 Å². The number of thioether (sulfide) groups is 1. The number of phenols is 1. The second-order valence-electron chi connectivity index (χ2n) is 24.3. The van der Waals surface area contributed by atoms with Crippen LogP contribution in [0.5, 0.6) is 5.75 Å². The van der Waals surface area contributed by atoms with E-state index >= 15 is 0 Å². The molecule has 30 nitrogen and oxygen atoms in total. The fourth-order valence-corrected chi connectivity index (χ4v) is 11.2. The number of benzene rings is 3. The zero-order valence-electron chi connectivity index (χ0n) is 54.7. The molecule has 1 aliphatic heterocycles. The van der Waals surface area contributed by atoms with Gasteiger partial charge in [-0.05, 0) is 92.1 Å². The van der Waals surface area contributed by atoms with Gasteiger partial charge in [0.2, 0.25) is 81.9 Å².